The van der Waals surface area contributed by atoms with Crippen LogP contribution < -0.4 is 10.6 Å². The van der Waals surface area contributed by atoms with Gasteiger partial charge in [-0.1, -0.05) is 94.5 Å². The number of aromatic nitrogens is 4. The normalized spacial score (nSPS) is 17.3. The number of benzene rings is 3. The first-order valence-corrected chi connectivity index (χ1v) is 25.0. The number of hydrogen-bond donors (Lipinski definition) is 7. The maximum Gasteiger partial charge on any atom is 0.407 e. The fraction of sp³-hybridized carbons (Fsp3) is 0.362. The number of H-pyrrole nitrogens is 2. The highest BCUT2D eigenvalue weighted by atomic mass is 32.2. The summed E-state index contributed by atoms with van der Waals surface area (Å²) in [6, 6.07) is 13.6. The number of imidazole rings is 2. The molecule has 22 heteroatoms. The molecule has 2 fully saturated rings. The van der Waals surface area contributed by atoms with E-state index in [9.17, 15) is 41.1 Å². The standard InChI is InChI=1S/C37H48N8O6.C10H8O6S2/c1-22(2)30(42-36(48)49)34(46)45-19-9-13-29(45)33-39-21-27(41-33)25-16-14-24(15-17-25)10-6-7-11-26-20-38-32(40-26)28-12-8-18-44(28)35(47)31(23(3)4)43-37(50)51-5;11-17(12,13)9-5-1-3-7-8(9)4-2-6-10(7)18(14,15)16/h6-7,10-11,14-17,20-23,28-31,42H,8-9,12-13,18-19H2,1-5H3,(H,38,40)(H,39,41)(H,43,50)(H,48,49);1-6H,(H,11,12,13)(H,14,15,16)/b10-6+,11-7+;/t28-,29-,30-,31-;/m0./s1. The van der Waals surface area contributed by atoms with Gasteiger partial charge in [-0.25, -0.2) is 19.6 Å². The summed E-state index contributed by atoms with van der Waals surface area (Å²) in [6.07, 6.45) is 12.6. The Morgan fingerprint density at radius 1 is 0.710 bits per heavy atom. The lowest BCUT2D eigenvalue weighted by atomic mass is 10.0. The van der Waals surface area contributed by atoms with Crippen LogP contribution in [0.5, 0.6) is 0 Å². The minimum Gasteiger partial charge on any atom is -0.465 e. The fourth-order valence-corrected chi connectivity index (χ4v) is 9.81. The third-order valence-corrected chi connectivity index (χ3v) is 13.6. The molecule has 4 heterocycles. The zero-order chi connectivity index (χ0) is 50.2. The molecule has 368 valence electrons. The molecule has 0 saturated carbocycles. The third-order valence-electron chi connectivity index (χ3n) is 11.8. The van der Waals surface area contributed by atoms with E-state index in [0.717, 1.165) is 60.3 Å². The van der Waals surface area contributed by atoms with E-state index in [1.54, 1.807) is 22.2 Å². The molecular formula is C47H56N8O12S2. The highest BCUT2D eigenvalue weighted by molar-refractivity contribution is 7.86. The Morgan fingerprint density at radius 2 is 1.20 bits per heavy atom. The average molecular weight is 989 g/mol. The van der Waals surface area contributed by atoms with E-state index in [4.69, 9.17) is 13.8 Å². The van der Waals surface area contributed by atoms with Gasteiger partial charge >= 0.3 is 12.2 Å². The first kappa shape index (κ1) is 51.5. The van der Waals surface area contributed by atoms with Crippen LogP contribution in [-0.2, 0) is 34.6 Å². The zero-order valence-electron chi connectivity index (χ0n) is 38.6. The van der Waals surface area contributed by atoms with Crippen LogP contribution in [-0.4, -0.2) is 117 Å². The van der Waals surface area contributed by atoms with Gasteiger partial charge in [-0.2, -0.15) is 16.8 Å². The molecule has 2 saturated heterocycles. The van der Waals surface area contributed by atoms with E-state index in [0.29, 0.717) is 24.7 Å². The van der Waals surface area contributed by atoms with Crippen molar-refractivity contribution in [1.29, 1.82) is 0 Å². The smallest absolute Gasteiger partial charge is 0.407 e. The molecule has 20 nitrogen and oxygen atoms in total. The molecule has 2 aliphatic heterocycles. The number of carbonyl (C=O) groups excluding carboxylic acids is 3. The highest BCUT2D eigenvalue weighted by Crippen LogP contribution is 2.34. The molecule has 0 spiro atoms. The van der Waals surface area contributed by atoms with Crippen molar-refractivity contribution in [3.8, 4) is 11.3 Å². The summed E-state index contributed by atoms with van der Waals surface area (Å²) >= 11 is 0. The Bertz CT molecular complexity index is 2880. The number of aromatic amines is 2. The Kier molecular flexibility index (Phi) is 16.5. The first-order chi connectivity index (χ1) is 32.7. The second kappa shape index (κ2) is 22.0. The summed E-state index contributed by atoms with van der Waals surface area (Å²) in [5.74, 6) is 0.739. The number of ether oxygens (including phenoxy) is 1. The van der Waals surface area contributed by atoms with Crippen LogP contribution in [0, 0.1) is 11.8 Å². The molecular weight excluding hydrogens is 933 g/mol. The van der Waals surface area contributed by atoms with Crippen LogP contribution in [0.3, 0.4) is 0 Å². The van der Waals surface area contributed by atoms with Crippen LogP contribution >= 0.6 is 0 Å². The van der Waals surface area contributed by atoms with Gasteiger partial charge in [-0.15, -0.1) is 0 Å². The van der Waals surface area contributed by atoms with Crippen molar-refractivity contribution in [1.82, 2.24) is 40.4 Å². The number of nitrogens with zero attached hydrogens (tertiary/aromatic N) is 4. The number of fused-ring (bicyclic) bond motifs is 1. The van der Waals surface area contributed by atoms with Gasteiger partial charge in [0.2, 0.25) is 11.8 Å². The number of nitrogens with one attached hydrogen (secondary N) is 4. The van der Waals surface area contributed by atoms with E-state index in [1.165, 1.54) is 31.4 Å². The first-order valence-electron chi connectivity index (χ1n) is 22.1. The predicted molar refractivity (Wildman–Crippen MR) is 256 cm³/mol. The number of amides is 4. The lowest BCUT2D eigenvalue weighted by molar-refractivity contribution is -0.136. The molecule has 3 aromatic carbocycles. The van der Waals surface area contributed by atoms with Crippen LogP contribution in [0.25, 0.3) is 34.2 Å². The van der Waals surface area contributed by atoms with Gasteiger partial charge in [0.05, 0.1) is 43.0 Å². The number of carboxylic acid groups (broad SMARTS) is 1. The van der Waals surface area contributed by atoms with Gasteiger partial charge in [0, 0.05) is 23.9 Å². The Hall–Kier alpha value is -6.88. The van der Waals surface area contributed by atoms with E-state index < -0.39 is 54.3 Å². The number of alkyl carbamates (subject to hydrolysis) is 1. The SMILES string of the molecule is COC(=O)N[C@H](C(=O)N1CCC[C@H]1c1ncc(/C=C/C=C/c2ccc(-c3cnc([C@@H]4CCCN4C(=O)[C@@H](NC(=O)O)C(C)C)[nH]3)cc2)[nH]1)C(C)C.O=S(=O)(O)c1cccc2c(S(=O)(=O)O)cccc12. The Labute approximate surface area is 399 Å². The van der Waals surface area contributed by atoms with Crippen LogP contribution in [0.2, 0.25) is 0 Å². The van der Waals surface area contributed by atoms with Gasteiger partial charge < -0.3 is 40.2 Å². The van der Waals surface area contributed by atoms with Gasteiger partial charge in [0.15, 0.2) is 0 Å². The summed E-state index contributed by atoms with van der Waals surface area (Å²) in [7, 11) is -7.65. The quantitative estimate of drug-likeness (QED) is 0.0442. The monoisotopic (exact) mass is 988 g/mol. The Morgan fingerprint density at radius 3 is 1.70 bits per heavy atom. The lowest BCUT2D eigenvalue weighted by Gasteiger charge is -2.29. The van der Waals surface area contributed by atoms with Crippen LogP contribution in [0.15, 0.2) is 95.0 Å². The molecule has 2 aromatic heterocycles. The predicted octanol–water partition coefficient (Wildman–Crippen LogP) is 6.86. The van der Waals surface area contributed by atoms with E-state index >= 15 is 0 Å². The molecule has 0 aliphatic carbocycles. The largest absolute Gasteiger partial charge is 0.465 e. The summed E-state index contributed by atoms with van der Waals surface area (Å²) in [5, 5.41) is 14.3. The van der Waals surface area contributed by atoms with E-state index in [-0.39, 0.29) is 46.5 Å². The van der Waals surface area contributed by atoms with Crippen molar-refractivity contribution in [2.75, 3.05) is 20.2 Å². The minimum atomic E-state index is -4.47. The van der Waals surface area contributed by atoms with Gasteiger partial charge in [0.25, 0.3) is 20.2 Å². The molecule has 0 unspecified atom stereocenters. The van der Waals surface area contributed by atoms with E-state index in [2.05, 4.69) is 30.6 Å². The van der Waals surface area contributed by atoms with Crippen molar-refractivity contribution in [3.05, 3.63) is 108 Å². The van der Waals surface area contributed by atoms with Gasteiger partial charge in [-0.05, 0) is 66.9 Å². The van der Waals surface area contributed by atoms with Crippen molar-refractivity contribution in [3.63, 3.8) is 0 Å². The fourth-order valence-electron chi connectivity index (χ4n) is 8.39. The number of hydrogen-bond acceptors (Lipinski definition) is 11. The lowest BCUT2D eigenvalue weighted by Crippen LogP contribution is -2.51. The average Bonchev–Trinajstić information content (AvgIpc) is 4.15. The highest BCUT2D eigenvalue weighted by Gasteiger charge is 2.39. The zero-order valence-corrected chi connectivity index (χ0v) is 40.2. The van der Waals surface area contributed by atoms with Crippen LogP contribution in [0.4, 0.5) is 9.59 Å². The summed E-state index contributed by atoms with van der Waals surface area (Å²) < 4.78 is 67.4. The molecule has 4 atom stereocenters. The van der Waals surface area contributed by atoms with Crippen molar-refractivity contribution < 1.29 is 55.0 Å². The molecule has 0 bridgehead atoms. The second-order valence-corrected chi connectivity index (χ2v) is 20.0. The van der Waals surface area contributed by atoms with E-state index in [1.807, 2.05) is 76.3 Å². The number of allylic oxidation sites excluding steroid dienone is 2. The number of likely N-dealkylation sites (tertiary alicyclic amines) is 2. The number of methoxy groups -OCH3 is 1. The molecule has 7 rings (SSSR count). The summed E-state index contributed by atoms with van der Waals surface area (Å²) in [4.78, 5) is 68.4. The topological polar surface area (TPSA) is 294 Å². The number of rotatable bonds is 14. The molecule has 7 N–H and O–H groups in total. The molecule has 69 heavy (non-hydrogen) atoms. The Balaban J connectivity index is 0.000000362. The number of carbonyl (C=O) groups is 4. The molecule has 2 aliphatic rings. The van der Waals surface area contributed by atoms with Gasteiger partial charge in [0.1, 0.15) is 33.5 Å². The molecule has 0 radical (unpaired) electrons. The second-order valence-electron chi connectivity index (χ2n) is 17.2. The molecule has 5 aromatic rings. The summed E-state index contributed by atoms with van der Waals surface area (Å²) in [6.45, 7) is 8.58. The van der Waals surface area contributed by atoms with Crippen LogP contribution in [0.1, 0.15) is 88.4 Å². The molecule has 4 amide bonds. The third kappa shape index (κ3) is 12.6. The maximum atomic E-state index is 13.4. The van der Waals surface area contributed by atoms with Crippen molar-refractivity contribution in [2.45, 2.75) is 87.3 Å². The minimum absolute atomic E-state index is 0.0233. The van der Waals surface area contributed by atoms with Gasteiger partial charge in [-0.3, -0.25) is 18.7 Å². The summed E-state index contributed by atoms with van der Waals surface area (Å²) in [5.41, 5.74) is 3.61. The maximum absolute atomic E-state index is 13.4. The van der Waals surface area contributed by atoms with Crippen molar-refractivity contribution >= 4 is 67.2 Å². The van der Waals surface area contributed by atoms with Crippen molar-refractivity contribution in [2.24, 2.45) is 11.8 Å².